The smallest absolute Gasteiger partial charge is 0.316 e. The number of anilines is 1. The van der Waals surface area contributed by atoms with Crippen LogP contribution in [0.25, 0.3) is 0 Å². The fourth-order valence-electron chi connectivity index (χ4n) is 5.01. The van der Waals surface area contributed by atoms with E-state index in [1.54, 1.807) is 7.11 Å². The number of ether oxygens (including phenoxy) is 2. The Morgan fingerprint density at radius 2 is 1.67 bits per heavy atom. The molecule has 3 aromatic rings. The van der Waals surface area contributed by atoms with Gasteiger partial charge in [-0.25, -0.2) is 0 Å². The van der Waals surface area contributed by atoms with E-state index in [0.29, 0.717) is 11.7 Å². The van der Waals surface area contributed by atoms with Crippen LogP contribution in [-0.2, 0) is 35.3 Å². The van der Waals surface area contributed by atoms with Gasteiger partial charge in [0.1, 0.15) is 11.5 Å². The van der Waals surface area contributed by atoms with Gasteiger partial charge in [0.05, 0.1) is 18.9 Å². The fourth-order valence-corrected chi connectivity index (χ4v) is 5.01. The highest BCUT2D eigenvalue weighted by Gasteiger charge is 2.26. The van der Waals surface area contributed by atoms with Gasteiger partial charge in [0.25, 0.3) is 0 Å². The monoisotopic (exact) mass is 529 g/mol. The van der Waals surface area contributed by atoms with Gasteiger partial charge < -0.3 is 19.9 Å². The highest BCUT2D eigenvalue weighted by Crippen LogP contribution is 2.38. The van der Waals surface area contributed by atoms with Gasteiger partial charge in [-0.3, -0.25) is 9.59 Å². The molecule has 6 nitrogen and oxygen atoms in total. The molecule has 6 heteroatoms. The minimum absolute atomic E-state index is 0.0535. The third-order valence-corrected chi connectivity index (χ3v) is 7.27. The summed E-state index contributed by atoms with van der Waals surface area (Å²) < 4.78 is 11.1. The lowest BCUT2D eigenvalue weighted by Crippen LogP contribution is -2.25. The zero-order valence-electron chi connectivity index (χ0n) is 23.4. The number of carbonyl (C=O) groups is 2. The lowest BCUT2D eigenvalue weighted by Gasteiger charge is -2.28. The summed E-state index contributed by atoms with van der Waals surface area (Å²) in [5.74, 6) is 0.803. The Kier molecular flexibility index (Phi) is 8.95. The van der Waals surface area contributed by atoms with Gasteiger partial charge in [0, 0.05) is 18.3 Å². The molecule has 0 amide bonds. The van der Waals surface area contributed by atoms with Crippen LogP contribution in [0.15, 0.2) is 60.7 Å². The van der Waals surface area contributed by atoms with Crippen molar-refractivity contribution in [3.8, 4) is 11.5 Å². The Bertz CT molecular complexity index is 1310. The number of rotatable bonds is 10. The number of hydrogen-bond acceptors (Lipinski definition) is 5. The summed E-state index contributed by atoms with van der Waals surface area (Å²) in [6.45, 7) is 6.41. The Hall–Kier alpha value is -3.80. The summed E-state index contributed by atoms with van der Waals surface area (Å²) in [6.07, 6.45) is 4.82. The Balaban J connectivity index is 1.39. The predicted molar refractivity (Wildman–Crippen MR) is 154 cm³/mol. The molecule has 3 aromatic carbocycles. The molecular weight excluding hydrogens is 490 g/mol. The third-order valence-electron chi connectivity index (χ3n) is 7.27. The van der Waals surface area contributed by atoms with E-state index in [0.717, 1.165) is 55.6 Å². The first-order valence-electron chi connectivity index (χ1n) is 13.7. The first-order chi connectivity index (χ1) is 18.6. The lowest BCUT2D eigenvalue weighted by atomic mass is 9.79. The van der Waals surface area contributed by atoms with Crippen LogP contribution >= 0.6 is 0 Å². The zero-order valence-corrected chi connectivity index (χ0v) is 23.4. The van der Waals surface area contributed by atoms with Gasteiger partial charge in [0.2, 0.25) is 0 Å². The number of aryl methyl sites for hydroxylation is 2. The van der Waals surface area contributed by atoms with Gasteiger partial charge in [0.15, 0.2) is 0 Å². The molecule has 0 aromatic heterocycles. The second-order valence-corrected chi connectivity index (χ2v) is 11.4. The SMILES string of the molecule is COc1ccc([C@@H]2CCc3cc(OC(=O)C(C)(C)C)ccc3C2)c(NCCCc2ccc(CC(=O)O)cc2)c1. The summed E-state index contributed by atoms with van der Waals surface area (Å²) >= 11 is 0. The van der Waals surface area contributed by atoms with Crippen LogP contribution in [0, 0.1) is 5.41 Å². The minimum atomic E-state index is -0.811. The van der Waals surface area contributed by atoms with E-state index in [9.17, 15) is 9.59 Å². The Labute approximate surface area is 231 Å². The number of carbonyl (C=O) groups excluding carboxylic acids is 1. The maximum Gasteiger partial charge on any atom is 0.316 e. The summed E-state index contributed by atoms with van der Waals surface area (Å²) in [5.41, 5.74) is 6.44. The summed E-state index contributed by atoms with van der Waals surface area (Å²) in [7, 11) is 1.69. The topological polar surface area (TPSA) is 84.9 Å². The molecule has 0 aliphatic heterocycles. The second kappa shape index (κ2) is 12.4. The van der Waals surface area contributed by atoms with E-state index in [4.69, 9.17) is 14.6 Å². The van der Waals surface area contributed by atoms with Crippen LogP contribution in [0.5, 0.6) is 11.5 Å². The van der Waals surface area contributed by atoms with Crippen LogP contribution in [0.3, 0.4) is 0 Å². The molecule has 2 N–H and O–H groups in total. The molecule has 39 heavy (non-hydrogen) atoms. The largest absolute Gasteiger partial charge is 0.497 e. The molecule has 206 valence electrons. The molecule has 0 fully saturated rings. The van der Waals surface area contributed by atoms with E-state index < -0.39 is 11.4 Å². The average molecular weight is 530 g/mol. The number of esters is 1. The average Bonchev–Trinajstić information content (AvgIpc) is 2.90. The van der Waals surface area contributed by atoms with Crippen molar-refractivity contribution < 1.29 is 24.2 Å². The molecule has 1 aliphatic rings. The number of methoxy groups -OCH3 is 1. The van der Waals surface area contributed by atoms with Crippen LogP contribution in [-0.4, -0.2) is 30.7 Å². The first kappa shape index (κ1) is 28.2. The van der Waals surface area contributed by atoms with Crippen LogP contribution in [0.2, 0.25) is 0 Å². The first-order valence-corrected chi connectivity index (χ1v) is 13.7. The van der Waals surface area contributed by atoms with Crippen LogP contribution in [0.1, 0.15) is 67.3 Å². The van der Waals surface area contributed by atoms with Crippen molar-refractivity contribution in [3.63, 3.8) is 0 Å². The molecule has 4 rings (SSSR count). The molecule has 1 aliphatic carbocycles. The normalized spacial score (nSPS) is 14.8. The summed E-state index contributed by atoms with van der Waals surface area (Å²) in [4.78, 5) is 23.2. The van der Waals surface area contributed by atoms with Gasteiger partial charge >= 0.3 is 11.9 Å². The molecule has 0 spiro atoms. The summed E-state index contributed by atoms with van der Waals surface area (Å²) in [6, 6.07) is 20.2. The van der Waals surface area contributed by atoms with E-state index in [-0.39, 0.29) is 12.4 Å². The van der Waals surface area contributed by atoms with Crippen molar-refractivity contribution >= 4 is 17.6 Å². The quantitative estimate of drug-likeness (QED) is 0.175. The number of carboxylic acids is 1. The number of aliphatic carboxylic acids is 1. The highest BCUT2D eigenvalue weighted by molar-refractivity contribution is 5.78. The van der Waals surface area contributed by atoms with Crippen molar-refractivity contribution in [2.24, 2.45) is 5.41 Å². The van der Waals surface area contributed by atoms with Crippen molar-refractivity contribution in [1.29, 1.82) is 0 Å². The second-order valence-electron chi connectivity index (χ2n) is 11.4. The molecular formula is C33H39NO5. The number of carboxylic acid groups (broad SMARTS) is 1. The molecule has 0 bridgehead atoms. The summed E-state index contributed by atoms with van der Waals surface area (Å²) in [5, 5.41) is 12.6. The maximum atomic E-state index is 12.3. The molecule has 1 atom stereocenters. The number of hydrogen-bond donors (Lipinski definition) is 2. The van der Waals surface area contributed by atoms with E-state index in [1.807, 2.05) is 63.2 Å². The zero-order chi connectivity index (χ0) is 28.0. The standard InChI is InChI=1S/C33H39NO5/c1-33(2,3)32(37)39-28-14-13-24-19-26(12-11-25(24)20-28)29-16-15-27(38-4)21-30(29)34-17-5-6-22-7-9-23(10-8-22)18-31(35)36/h7-10,13-16,20-21,26,34H,5-6,11-12,17-19H2,1-4H3,(H,35,36)/t26-/m1/s1. The molecule has 0 heterocycles. The number of benzene rings is 3. The van der Waals surface area contributed by atoms with Crippen molar-refractivity contribution in [1.82, 2.24) is 0 Å². The van der Waals surface area contributed by atoms with E-state index in [1.165, 1.54) is 22.3 Å². The van der Waals surface area contributed by atoms with E-state index >= 15 is 0 Å². The number of fused-ring (bicyclic) bond motifs is 1. The van der Waals surface area contributed by atoms with Gasteiger partial charge in [-0.15, -0.1) is 0 Å². The molecule has 0 radical (unpaired) electrons. The van der Waals surface area contributed by atoms with Gasteiger partial charge in [-0.05, 0) is 105 Å². The highest BCUT2D eigenvalue weighted by atomic mass is 16.5. The van der Waals surface area contributed by atoms with Crippen LogP contribution in [0.4, 0.5) is 5.69 Å². The minimum Gasteiger partial charge on any atom is -0.497 e. The fraction of sp³-hybridized carbons (Fsp3) is 0.394. The van der Waals surface area contributed by atoms with Gasteiger partial charge in [-0.2, -0.15) is 0 Å². The molecule has 0 saturated heterocycles. The van der Waals surface area contributed by atoms with Crippen molar-refractivity contribution in [2.45, 2.75) is 65.2 Å². The molecule has 0 unspecified atom stereocenters. The number of nitrogens with one attached hydrogen (secondary N) is 1. The third kappa shape index (κ3) is 7.62. The predicted octanol–water partition coefficient (Wildman–Crippen LogP) is 6.59. The van der Waals surface area contributed by atoms with E-state index in [2.05, 4.69) is 23.5 Å². The Morgan fingerprint density at radius 1 is 0.949 bits per heavy atom. The Morgan fingerprint density at radius 3 is 2.36 bits per heavy atom. The molecule has 0 saturated carbocycles. The van der Waals surface area contributed by atoms with Crippen molar-refractivity contribution in [2.75, 3.05) is 19.0 Å². The van der Waals surface area contributed by atoms with Crippen molar-refractivity contribution in [3.05, 3.63) is 88.5 Å². The van der Waals surface area contributed by atoms with Crippen LogP contribution < -0.4 is 14.8 Å². The maximum absolute atomic E-state index is 12.3. The lowest BCUT2D eigenvalue weighted by molar-refractivity contribution is -0.143. The van der Waals surface area contributed by atoms with Gasteiger partial charge in [-0.1, -0.05) is 36.4 Å².